The first-order valence-corrected chi connectivity index (χ1v) is 5.63. The Labute approximate surface area is 97.0 Å². The fourth-order valence-corrected chi connectivity index (χ4v) is 1.96. The number of hydrogen-bond acceptors (Lipinski definition) is 3. The number of hydrogen-bond donors (Lipinski definition) is 1. The summed E-state index contributed by atoms with van der Waals surface area (Å²) < 4.78 is 13.3. The Hall–Kier alpha value is -1.86. The lowest BCUT2D eigenvalue weighted by Crippen LogP contribution is -1.98. The summed E-state index contributed by atoms with van der Waals surface area (Å²) >= 11 is 1.65. The molecule has 0 spiro atoms. The first kappa shape index (κ1) is 10.7. The monoisotopic (exact) mass is 232 g/mol. The molecule has 1 aromatic heterocycles. The molecule has 0 saturated heterocycles. The van der Waals surface area contributed by atoms with E-state index < -0.39 is 5.82 Å². The largest absolute Gasteiger partial charge is 0.380 e. The van der Waals surface area contributed by atoms with E-state index >= 15 is 0 Å². The van der Waals surface area contributed by atoms with E-state index in [2.05, 4.69) is 5.32 Å². The number of nitriles is 1. The van der Waals surface area contributed by atoms with Gasteiger partial charge in [0, 0.05) is 17.1 Å². The first-order valence-electron chi connectivity index (χ1n) is 4.75. The number of nitrogens with zero attached hydrogens (tertiary/aromatic N) is 1. The fraction of sp³-hybridized carbons (Fsp3) is 0.0833. The van der Waals surface area contributed by atoms with Crippen molar-refractivity contribution in [1.29, 1.82) is 5.26 Å². The predicted octanol–water partition coefficient (Wildman–Crippen LogP) is 3.37. The third kappa shape index (κ3) is 2.38. The van der Waals surface area contributed by atoms with Crippen LogP contribution in [-0.4, -0.2) is 0 Å². The van der Waals surface area contributed by atoms with Crippen molar-refractivity contribution in [1.82, 2.24) is 0 Å². The van der Waals surface area contributed by atoms with Gasteiger partial charge in [-0.25, -0.2) is 4.39 Å². The maximum absolute atomic E-state index is 13.3. The van der Waals surface area contributed by atoms with E-state index in [0.717, 1.165) is 0 Å². The van der Waals surface area contributed by atoms with Crippen molar-refractivity contribution in [2.45, 2.75) is 6.54 Å². The van der Waals surface area contributed by atoms with Crippen molar-refractivity contribution < 1.29 is 4.39 Å². The van der Waals surface area contributed by atoms with Crippen LogP contribution in [0.1, 0.15) is 10.4 Å². The Morgan fingerprint density at radius 1 is 1.38 bits per heavy atom. The smallest absolute Gasteiger partial charge is 0.143 e. The van der Waals surface area contributed by atoms with Crippen LogP contribution in [0.15, 0.2) is 35.7 Å². The summed E-state index contributed by atoms with van der Waals surface area (Å²) in [5, 5.41) is 13.7. The van der Waals surface area contributed by atoms with Crippen molar-refractivity contribution in [2.75, 3.05) is 5.32 Å². The minimum absolute atomic E-state index is 0.0710. The Morgan fingerprint density at radius 2 is 2.25 bits per heavy atom. The number of anilines is 1. The molecule has 0 fully saturated rings. The van der Waals surface area contributed by atoms with Crippen molar-refractivity contribution in [2.24, 2.45) is 0 Å². The molecular formula is C12H9FN2S. The summed E-state index contributed by atoms with van der Waals surface area (Å²) in [6, 6.07) is 10.3. The van der Waals surface area contributed by atoms with Gasteiger partial charge in [-0.05, 0) is 29.6 Å². The molecule has 1 aromatic carbocycles. The summed E-state index contributed by atoms with van der Waals surface area (Å²) in [6.45, 7) is 0.670. The van der Waals surface area contributed by atoms with Gasteiger partial charge in [-0.15, -0.1) is 11.3 Å². The van der Waals surface area contributed by atoms with Crippen LogP contribution in [0.4, 0.5) is 10.1 Å². The van der Waals surface area contributed by atoms with Crippen molar-refractivity contribution in [3.05, 3.63) is 52.0 Å². The maximum Gasteiger partial charge on any atom is 0.143 e. The van der Waals surface area contributed by atoms with Gasteiger partial charge in [0.2, 0.25) is 0 Å². The van der Waals surface area contributed by atoms with Gasteiger partial charge in [0.15, 0.2) is 0 Å². The second-order valence-corrected chi connectivity index (χ2v) is 4.27. The number of rotatable bonds is 3. The topological polar surface area (TPSA) is 35.8 Å². The van der Waals surface area contributed by atoms with E-state index in [-0.39, 0.29) is 5.56 Å². The van der Waals surface area contributed by atoms with Crippen LogP contribution < -0.4 is 5.32 Å². The van der Waals surface area contributed by atoms with Gasteiger partial charge in [-0.2, -0.15) is 5.26 Å². The van der Waals surface area contributed by atoms with E-state index in [1.54, 1.807) is 23.5 Å². The van der Waals surface area contributed by atoms with Crippen LogP contribution in [0.3, 0.4) is 0 Å². The molecule has 1 heterocycles. The number of benzene rings is 1. The lowest BCUT2D eigenvalue weighted by molar-refractivity contribution is 0.624. The van der Waals surface area contributed by atoms with Crippen molar-refractivity contribution in [3.63, 3.8) is 0 Å². The molecule has 0 atom stereocenters. The van der Waals surface area contributed by atoms with Gasteiger partial charge in [0.1, 0.15) is 11.9 Å². The highest BCUT2D eigenvalue weighted by Gasteiger charge is 2.02. The summed E-state index contributed by atoms with van der Waals surface area (Å²) in [7, 11) is 0. The van der Waals surface area contributed by atoms with Crippen molar-refractivity contribution >= 4 is 17.0 Å². The van der Waals surface area contributed by atoms with E-state index in [4.69, 9.17) is 5.26 Å². The zero-order chi connectivity index (χ0) is 11.4. The van der Waals surface area contributed by atoms with Gasteiger partial charge < -0.3 is 5.32 Å². The zero-order valence-electron chi connectivity index (χ0n) is 8.40. The standard InChI is InChI=1S/C12H9FN2S/c13-12-6-10(4-3-9(12)7-14)15-8-11-2-1-5-16-11/h1-6,15H,8H2. The Balaban J connectivity index is 2.06. The van der Waals surface area contributed by atoms with Gasteiger partial charge in [0.05, 0.1) is 5.56 Å². The van der Waals surface area contributed by atoms with E-state index in [0.29, 0.717) is 12.2 Å². The summed E-state index contributed by atoms with van der Waals surface area (Å²) in [5.74, 6) is -0.487. The Kier molecular flexibility index (Phi) is 3.18. The van der Waals surface area contributed by atoms with Gasteiger partial charge in [0.25, 0.3) is 0 Å². The number of thiophene rings is 1. The highest BCUT2D eigenvalue weighted by Crippen LogP contribution is 2.16. The van der Waals surface area contributed by atoms with Crippen LogP contribution >= 0.6 is 11.3 Å². The van der Waals surface area contributed by atoms with E-state index in [1.165, 1.54) is 17.0 Å². The minimum Gasteiger partial charge on any atom is -0.380 e. The lowest BCUT2D eigenvalue weighted by Gasteiger charge is -2.05. The molecule has 0 aliphatic rings. The Morgan fingerprint density at radius 3 is 2.88 bits per heavy atom. The zero-order valence-corrected chi connectivity index (χ0v) is 9.22. The first-order chi connectivity index (χ1) is 7.79. The van der Waals surface area contributed by atoms with Crippen LogP contribution in [0.2, 0.25) is 0 Å². The molecule has 4 heteroatoms. The highest BCUT2D eigenvalue weighted by molar-refractivity contribution is 7.09. The van der Waals surface area contributed by atoms with E-state index in [1.807, 2.05) is 17.5 Å². The molecule has 2 nitrogen and oxygen atoms in total. The van der Waals surface area contributed by atoms with Gasteiger partial charge in [-0.1, -0.05) is 6.07 Å². The van der Waals surface area contributed by atoms with Crippen molar-refractivity contribution in [3.8, 4) is 6.07 Å². The molecule has 0 bridgehead atoms. The molecule has 0 unspecified atom stereocenters. The normalized spacial score (nSPS) is 9.75. The maximum atomic E-state index is 13.3. The third-order valence-corrected chi connectivity index (χ3v) is 3.01. The summed E-state index contributed by atoms with van der Waals surface area (Å²) in [6.07, 6.45) is 0. The summed E-state index contributed by atoms with van der Waals surface area (Å²) in [4.78, 5) is 1.18. The molecule has 1 N–H and O–H groups in total. The molecule has 0 aliphatic heterocycles. The SMILES string of the molecule is N#Cc1ccc(NCc2cccs2)cc1F. The average molecular weight is 232 g/mol. The molecule has 80 valence electrons. The summed E-state index contributed by atoms with van der Waals surface area (Å²) in [5.41, 5.74) is 0.756. The second kappa shape index (κ2) is 4.77. The van der Waals surface area contributed by atoms with Crippen LogP contribution in [0.25, 0.3) is 0 Å². The number of halogens is 1. The quantitative estimate of drug-likeness (QED) is 0.880. The molecule has 0 radical (unpaired) electrons. The molecular weight excluding hydrogens is 223 g/mol. The fourth-order valence-electron chi connectivity index (χ4n) is 1.32. The molecule has 2 aromatic rings. The molecule has 0 saturated carbocycles. The molecule has 0 amide bonds. The van der Waals surface area contributed by atoms with Crippen LogP contribution in [0, 0.1) is 17.1 Å². The molecule has 16 heavy (non-hydrogen) atoms. The van der Waals surface area contributed by atoms with Crippen LogP contribution in [0.5, 0.6) is 0 Å². The third-order valence-electron chi connectivity index (χ3n) is 2.14. The second-order valence-electron chi connectivity index (χ2n) is 3.24. The Bertz CT molecular complexity index is 514. The molecule has 0 aliphatic carbocycles. The van der Waals surface area contributed by atoms with Gasteiger partial charge in [-0.3, -0.25) is 0 Å². The minimum atomic E-state index is -0.487. The molecule has 2 rings (SSSR count). The highest BCUT2D eigenvalue weighted by atomic mass is 32.1. The predicted molar refractivity (Wildman–Crippen MR) is 62.8 cm³/mol. The van der Waals surface area contributed by atoms with E-state index in [9.17, 15) is 4.39 Å². The van der Waals surface area contributed by atoms with Gasteiger partial charge >= 0.3 is 0 Å². The average Bonchev–Trinajstić information content (AvgIpc) is 2.79. The van der Waals surface area contributed by atoms with Crippen LogP contribution in [-0.2, 0) is 6.54 Å². The lowest BCUT2D eigenvalue weighted by atomic mass is 10.2. The number of nitrogens with one attached hydrogen (secondary N) is 1.